The molecular formula is C22H22Cl2Ti. The molecule has 4 rings (SSSR count). The Balaban J connectivity index is 0.00000113. The summed E-state index contributed by atoms with van der Waals surface area (Å²) in [6, 6.07) is 13.7. The van der Waals surface area contributed by atoms with E-state index in [1.54, 1.807) is 22.3 Å². The Morgan fingerprint density at radius 3 is 1.44 bits per heavy atom. The van der Waals surface area contributed by atoms with Crippen LogP contribution in [0.1, 0.15) is 55.7 Å². The minimum atomic E-state index is -0.166. The quantitative estimate of drug-likeness (QED) is 0.618. The zero-order chi connectivity index (χ0) is 16.1. The number of hydrogen-bond acceptors (Lipinski definition) is 0. The number of halogens is 2. The summed E-state index contributed by atoms with van der Waals surface area (Å²) in [4.78, 5) is 0. The van der Waals surface area contributed by atoms with Crippen LogP contribution >= 0.6 is 0 Å². The van der Waals surface area contributed by atoms with Gasteiger partial charge in [0.25, 0.3) is 0 Å². The number of hydrogen-bond donors (Lipinski definition) is 0. The molecule has 2 unspecified atom stereocenters. The molecule has 2 aromatic carbocycles. The van der Waals surface area contributed by atoms with Crippen LogP contribution in [0.4, 0.5) is 0 Å². The molecule has 2 atom stereocenters. The second-order valence-corrected chi connectivity index (χ2v) is 9.29. The molecule has 2 aliphatic rings. The Labute approximate surface area is 172 Å². The van der Waals surface area contributed by atoms with Gasteiger partial charge in [0.2, 0.25) is 0 Å². The van der Waals surface area contributed by atoms with Crippen molar-refractivity contribution in [2.24, 2.45) is 0 Å². The van der Waals surface area contributed by atoms with E-state index in [1.165, 1.54) is 22.3 Å². The summed E-state index contributed by atoms with van der Waals surface area (Å²) in [5, 5.41) is 0. The van der Waals surface area contributed by atoms with E-state index in [9.17, 15) is 0 Å². The second kappa shape index (κ2) is 7.84. The zero-order valence-electron chi connectivity index (χ0n) is 15.0. The third kappa shape index (κ3) is 3.43. The molecule has 0 radical (unpaired) electrons. The van der Waals surface area contributed by atoms with Crippen LogP contribution < -0.4 is 24.8 Å². The van der Waals surface area contributed by atoms with Crippen LogP contribution in [0.2, 0.25) is 0 Å². The van der Waals surface area contributed by atoms with Crippen LogP contribution in [0.25, 0.3) is 12.2 Å². The molecule has 0 fully saturated rings. The smallest absolute Gasteiger partial charge is 1.00 e. The van der Waals surface area contributed by atoms with Gasteiger partial charge in [-0.25, -0.2) is 0 Å². The Morgan fingerprint density at radius 1 is 0.640 bits per heavy atom. The number of allylic oxidation sites excluding steroid dienone is 2. The molecule has 0 heterocycles. The van der Waals surface area contributed by atoms with Gasteiger partial charge in [-0.15, -0.1) is 0 Å². The predicted octanol–water partition coefficient (Wildman–Crippen LogP) is 0.0101. The Morgan fingerprint density at radius 2 is 1.04 bits per heavy atom. The van der Waals surface area contributed by atoms with Crippen molar-refractivity contribution in [3.8, 4) is 0 Å². The molecule has 0 saturated carbocycles. The molecule has 0 aromatic heterocycles. The van der Waals surface area contributed by atoms with E-state index < -0.39 is 0 Å². The molecule has 0 amide bonds. The molecule has 128 valence electrons. The van der Waals surface area contributed by atoms with Crippen molar-refractivity contribution in [2.75, 3.05) is 0 Å². The summed E-state index contributed by atoms with van der Waals surface area (Å²) < 4.78 is 1.37. The third-order valence-corrected chi connectivity index (χ3v) is 8.76. The van der Waals surface area contributed by atoms with Crippen molar-refractivity contribution in [3.63, 3.8) is 0 Å². The second-order valence-electron chi connectivity index (χ2n) is 6.97. The van der Waals surface area contributed by atoms with E-state index in [0.717, 1.165) is 0 Å². The molecule has 0 spiro atoms. The van der Waals surface area contributed by atoms with Crippen LogP contribution in [0.3, 0.4) is 0 Å². The summed E-state index contributed by atoms with van der Waals surface area (Å²) in [7, 11) is 0. The Bertz CT molecular complexity index is 793. The average molecular weight is 405 g/mol. The fraction of sp³-hybridized carbons (Fsp3) is 0.273. The van der Waals surface area contributed by atoms with Gasteiger partial charge in [-0.2, -0.15) is 0 Å². The summed E-state index contributed by atoms with van der Waals surface area (Å²) in [6.45, 7) is 9.15. The van der Waals surface area contributed by atoms with Crippen LogP contribution in [-0.4, -0.2) is 0 Å². The fourth-order valence-corrected chi connectivity index (χ4v) is 6.97. The standard InChI is InChI=1S/2C11H11.2ClH.Ti/c2*1-8-6-10-5-3-4-9(2)11(10)7-8;;;/h2*3-7H,1-2H3;2*1H;/q;;;;+2/p-2. The van der Waals surface area contributed by atoms with Gasteiger partial charge in [-0.3, -0.25) is 0 Å². The van der Waals surface area contributed by atoms with Crippen molar-refractivity contribution < 1.29 is 44.0 Å². The van der Waals surface area contributed by atoms with Crippen LogP contribution in [0, 0.1) is 13.8 Å². The van der Waals surface area contributed by atoms with Gasteiger partial charge in [0.15, 0.2) is 0 Å². The SMILES string of the molecule is CC1=Cc2c(C)cccc2[CH]1[Ti+2][CH]1C(C)=Cc2c(C)cccc21.[Cl-].[Cl-]. The first-order valence-electron chi connectivity index (χ1n) is 8.37. The molecule has 3 heteroatoms. The summed E-state index contributed by atoms with van der Waals surface area (Å²) >= 11 is -0.166. The average Bonchev–Trinajstić information content (AvgIpc) is 3.01. The molecule has 0 bridgehead atoms. The number of aryl methyl sites for hydroxylation is 2. The number of rotatable bonds is 2. The molecular weight excluding hydrogens is 383 g/mol. The monoisotopic (exact) mass is 404 g/mol. The van der Waals surface area contributed by atoms with E-state index in [4.69, 9.17) is 0 Å². The summed E-state index contributed by atoms with van der Waals surface area (Å²) in [5.74, 6) is 0. The minimum Gasteiger partial charge on any atom is -1.00 e. The van der Waals surface area contributed by atoms with Gasteiger partial charge in [0, 0.05) is 0 Å². The van der Waals surface area contributed by atoms with Crippen molar-refractivity contribution >= 4 is 12.2 Å². The van der Waals surface area contributed by atoms with E-state index in [1.807, 2.05) is 0 Å². The maximum atomic E-state index is 2.43. The van der Waals surface area contributed by atoms with Gasteiger partial charge >= 0.3 is 148 Å². The van der Waals surface area contributed by atoms with Crippen molar-refractivity contribution in [2.45, 2.75) is 36.1 Å². The Hall–Kier alpha value is -0.786. The summed E-state index contributed by atoms with van der Waals surface area (Å²) in [5.41, 5.74) is 12.1. The zero-order valence-corrected chi connectivity index (χ0v) is 18.1. The summed E-state index contributed by atoms with van der Waals surface area (Å²) in [6.07, 6.45) is 4.87. The van der Waals surface area contributed by atoms with Gasteiger partial charge in [0.1, 0.15) is 0 Å². The van der Waals surface area contributed by atoms with Crippen molar-refractivity contribution in [3.05, 3.63) is 80.9 Å². The maximum absolute atomic E-state index is 2.43. The molecule has 0 nitrogen and oxygen atoms in total. The molecule has 2 aliphatic carbocycles. The van der Waals surface area contributed by atoms with Crippen LogP contribution in [-0.2, 0) is 19.2 Å². The predicted molar refractivity (Wildman–Crippen MR) is 95.1 cm³/mol. The van der Waals surface area contributed by atoms with Crippen molar-refractivity contribution in [1.29, 1.82) is 0 Å². The van der Waals surface area contributed by atoms with E-state index >= 15 is 0 Å². The largest absolute Gasteiger partial charge is 1.00 e. The Kier molecular flexibility index (Phi) is 6.44. The maximum Gasteiger partial charge on any atom is -1.00 e. The first-order chi connectivity index (χ1) is 11.1. The molecule has 0 aliphatic heterocycles. The van der Waals surface area contributed by atoms with Gasteiger partial charge < -0.3 is 24.8 Å². The van der Waals surface area contributed by atoms with Crippen molar-refractivity contribution in [1.82, 2.24) is 0 Å². The normalized spacial score (nSPS) is 19.7. The van der Waals surface area contributed by atoms with Crippen LogP contribution in [0.15, 0.2) is 47.5 Å². The topological polar surface area (TPSA) is 0 Å². The molecule has 0 N–H and O–H groups in total. The molecule has 25 heavy (non-hydrogen) atoms. The first kappa shape index (κ1) is 20.5. The van der Waals surface area contributed by atoms with E-state index in [0.29, 0.717) is 8.45 Å². The van der Waals surface area contributed by atoms with E-state index in [2.05, 4.69) is 76.2 Å². The van der Waals surface area contributed by atoms with Gasteiger partial charge in [0.05, 0.1) is 0 Å². The molecule has 0 saturated heterocycles. The van der Waals surface area contributed by atoms with Gasteiger partial charge in [-0.05, 0) is 0 Å². The molecule has 2 aromatic rings. The fourth-order valence-electron chi connectivity index (χ4n) is 4.03. The van der Waals surface area contributed by atoms with Crippen LogP contribution in [0.5, 0.6) is 0 Å². The number of fused-ring (bicyclic) bond motifs is 2. The third-order valence-electron chi connectivity index (χ3n) is 5.33. The van der Waals surface area contributed by atoms with Gasteiger partial charge in [-0.1, -0.05) is 0 Å². The number of benzene rings is 2. The van der Waals surface area contributed by atoms with E-state index in [-0.39, 0.29) is 44.0 Å². The minimum absolute atomic E-state index is 0. The first-order valence-corrected chi connectivity index (χ1v) is 10.2.